The normalized spacial score (nSPS) is 13.5. The van der Waals surface area contributed by atoms with Crippen LogP contribution in [-0.2, 0) is 0 Å². The quantitative estimate of drug-likeness (QED) is 0.449. The molecule has 1 amide bonds. The van der Waals surface area contributed by atoms with Crippen molar-refractivity contribution in [3.05, 3.63) is 93.4 Å². The maximum absolute atomic E-state index is 13.2. The standard InChI is InChI=1S/C25H23N7O4/c1-36-21-8-3-2-7-20(21)32-24(34)17(16-27-25(32)35)23(33)31-14-12-30(13-15-31)22-10-9-19(28-29-22)18-6-4-5-11-26-18/h2-11,16H,12-15H2,1H3,(H,27,35). The number of anilines is 1. The van der Waals surface area contributed by atoms with Gasteiger partial charge in [0.15, 0.2) is 5.82 Å². The number of hydrogen-bond donors (Lipinski definition) is 1. The molecule has 4 aromatic rings. The molecule has 5 rings (SSSR count). The van der Waals surface area contributed by atoms with Crippen molar-refractivity contribution in [1.29, 1.82) is 0 Å². The first-order valence-corrected chi connectivity index (χ1v) is 11.3. The van der Waals surface area contributed by atoms with E-state index in [1.165, 1.54) is 13.3 Å². The molecule has 11 nitrogen and oxygen atoms in total. The van der Waals surface area contributed by atoms with Crippen LogP contribution in [0.15, 0.2) is 76.6 Å². The Labute approximate surface area is 205 Å². The third kappa shape index (κ3) is 4.33. The van der Waals surface area contributed by atoms with E-state index in [1.807, 2.05) is 35.2 Å². The van der Waals surface area contributed by atoms with Gasteiger partial charge in [-0.2, -0.15) is 0 Å². The topological polar surface area (TPSA) is 126 Å². The Bertz CT molecular complexity index is 1490. The largest absolute Gasteiger partial charge is 0.495 e. The Morgan fingerprint density at radius 3 is 2.39 bits per heavy atom. The van der Waals surface area contributed by atoms with Gasteiger partial charge in [0.2, 0.25) is 0 Å². The number of piperazine rings is 1. The van der Waals surface area contributed by atoms with Gasteiger partial charge in [-0.1, -0.05) is 18.2 Å². The molecule has 3 aromatic heterocycles. The number of nitrogens with one attached hydrogen (secondary N) is 1. The number of ether oxygens (including phenoxy) is 1. The van der Waals surface area contributed by atoms with E-state index in [4.69, 9.17) is 4.74 Å². The maximum Gasteiger partial charge on any atom is 0.333 e. The zero-order valence-corrected chi connectivity index (χ0v) is 19.5. The highest BCUT2D eigenvalue weighted by Gasteiger charge is 2.26. The number of benzene rings is 1. The molecule has 1 saturated heterocycles. The summed E-state index contributed by atoms with van der Waals surface area (Å²) in [7, 11) is 1.45. The van der Waals surface area contributed by atoms with Gasteiger partial charge in [0, 0.05) is 38.6 Å². The lowest BCUT2D eigenvalue weighted by Gasteiger charge is -2.35. The van der Waals surface area contributed by atoms with Gasteiger partial charge in [-0.3, -0.25) is 14.6 Å². The minimum Gasteiger partial charge on any atom is -0.495 e. The fourth-order valence-corrected chi connectivity index (χ4v) is 4.11. The Morgan fingerprint density at radius 2 is 1.69 bits per heavy atom. The van der Waals surface area contributed by atoms with Gasteiger partial charge in [0.25, 0.3) is 11.5 Å². The number of H-pyrrole nitrogens is 1. The highest BCUT2D eigenvalue weighted by molar-refractivity contribution is 5.93. The van der Waals surface area contributed by atoms with E-state index in [2.05, 4.69) is 20.2 Å². The molecule has 0 unspecified atom stereocenters. The number of para-hydroxylation sites is 2. The zero-order chi connectivity index (χ0) is 25.1. The van der Waals surface area contributed by atoms with Gasteiger partial charge in [-0.05, 0) is 36.4 Å². The SMILES string of the molecule is COc1ccccc1-n1c(=O)[nH]cc(C(=O)N2CCN(c3ccc(-c4ccccn4)nn3)CC2)c1=O. The summed E-state index contributed by atoms with van der Waals surface area (Å²) in [6.07, 6.45) is 2.88. The average Bonchev–Trinajstić information content (AvgIpc) is 2.94. The monoisotopic (exact) mass is 485 g/mol. The molecule has 0 bridgehead atoms. The summed E-state index contributed by atoms with van der Waals surface area (Å²) < 4.78 is 6.20. The summed E-state index contributed by atoms with van der Waals surface area (Å²) in [5.41, 5.74) is 0.210. The van der Waals surface area contributed by atoms with Crippen molar-refractivity contribution in [2.45, 2.75) is 0 Å². The summed E-state index contributed by atoms with van der Waals surface area (Å²) in [6, 6.07) is 16.0. The lowest BCUT2D eigenvalue weighted by molar-refractivity contribution is 0.0743. The number of carbonyl (C=O) groups is 1. The molecule has 4 heterocycles. The molecular weight excluding hydrogens is 462 g/mol. The predicted octanol–water partition coefficient (Wildman–Crippen LogP) is 1.35. The van der Waals surface area contributed by atoms with Crippen LogP contribution in [0.1, 0.15) is 10.4 Å². The highest BCUT2D eigenvalue weighted by Crippen LogP contribution is 2.20. The Kier molecular flexibility index (Phi) is 6.27. The number of rotatable bonds is 5. The number of carbonyl (C=O) groups excluding carboxylic acids is 1. The molecule has 0 aliphatic carbocycles. The van der Waals surface area contributed by atoms with Crippen molar-refractivity contribution < 1.29 is 9.53 Å². The summed E-state index contributed by atoms with van der Waals surface area (Å²) in [5, 5.41) is 8.60. The Hall–Kier alpha value is -4.80. The minimum atomic E-state index is -0.702. The third-order valence-electron chi connectivity index (χ3n) is 6.00. The Morgan fingerprint density at radius 1 is 0.917 bits per heavy atom. The molecule has 0 radical (unpaired) electrons. The minimum absolute atomic E-state index is 0.117. The molecule has 1 N–H and O–H groups in total. The molecule has 0 spiro atoms. The smallest absolute Gasteiger partial charge is 0.333 e. The molecule has 0 atom stereocenters. The molecule has 11 heteroatoms. The fourth-order valence-electron chi connectivity index (χ4n) is 4.11. The van der Waals surface area contributed by atoms with Gasteiger partial charge >= 0.3 is 5.69 Å². The second-order valence-corrected chi connectivity index (χ2v) is 8.09. The van der Waals surface area contributed by atoms with Crippen molar-refractivity contribution in [2.24, 2.45) is 0 Å². The lowest BCUT2D eigenvalue weighted by Crippen LogP contribution is -2.50. The van der Waals surface area contributed by atoms with Crippen LogP contribution >= 0.6 is 0 Å². The summed E-state index contributed by atoms with van der Waals surface area (Å²) >= 11 is 0. The van der Waals surface area contributed by atoms with Gasteiger partial charge in [-0.25, -0.2) is 9.36 Å². The highest BCUT2D eigenvalue weighted by atomic mass is 16.5. The van der Waals surface area contributed by atoms with Crippen LogP contribution in [0.4, 0.5) is 5.82 Å². The fraction of sp³-hybridized carbons (Fsp3) is 0.200. The van der Waals surface area contributed by atoms with E-state index in [-0.39, 0.29) is 11.3 Å². The van der Waals surface area contributed by atoms with Gasteiger partial charge in [0.1, 0.15) is 17.0 Å². The van der Waals surface area contributed by atoms with Crippen LogP contribution in [-0.4, -0.2) is 68.8 Å². The number of nitrogens with zero attached hydrogens (tertiary/aromatic N) is 6. The van der Waals surface area contributed by atoms with Crippen molar-refractivity contribution in [2.75, 3.05) is 38.2 Å². The molecule has 1 aliphatic heterocycles. The molecule has 1 aromatic carbocycles. The van der Waals surface area contributed by atoms with Crippen LogP contribution < -0.4 is 20.9 Å². The van der Waals surface area contributed by atoms with Gasteiger partial charge in [0.05, 0.1) is 18.5 Å². The third-order valence-corrected chi connectivity index (χ3v) is 6.00. The van der Waals surface area contributed by atoms with Crippen LogP contribution in [0.2, 0.25) is 0 Å². The van der Waals surface area contributed by atoms with Crippen molar-refractivity contribution in [3.63, 3.8) is 0 Å². The molecule has 182 valence electrons. The maximum atomic E-state index is 13.2. The molecule has 1 fully saturated rings. The van der Waals surface area contributed by atoms with E-state index < -0.39 is 17.2 Å². The van der Waals surface area contributed by atoms with Crippen molar-refractivity contribution >= 4 is 11.7 Å². The second-order valence-electron chi connectivity index (χ2n) is 8.09. The van der Waals surface area contributed by atoms with Gasteiger partial charge in [-0.15, -0.1) is 10.2 Å². The molecular formula is C25H23N7O4. The summed E-state index contributed by atoms with van der Waals surface area (Å²) in [6.45, 7) is 1.81. The number of aromatic nitrogens is 5. The number of aromatic amines is 1. The first kappa shape index (κ1) is 23.0. The number of pyridine rings is 1. The van der Waals surface area contributed by atoms with Crippen LogP contribution in [0.3, 0.4) is 0 Å². The first-order chi connectivity index (χ1) is 17.6. The van der Waals surface area contributed by atoms with Crippen molar-refractivity contribution in [3.8, 4) is 22.8 Å². The summed E-state index contributed by atoms with van der Waals surface area (Å²) in [5.74, 6) is 0.596. The van der Waals surface area contributed by atoms with E-state index in [9.17, 15) is 14.4 Å². The van der Waals surface area contributed by atoms with Gasteiger partial charge < -0.3 is 19.5 Å². The van der Waals surface area contributed by atoms with Crippen molar-refractivity contribution in [1.82, 2.24) is 29.6 Å². The predicted molar refractivity (Wildman–Crippen MR) is 133 cm³/mol. The molecule has 1 aliphatic rings. The average molecular weight is 486 g/mol. The van der Waals surface area contributed by atoms with E-state index in [0.717, 1.165) is 10.3 Å². The van der Waals surface area contributed by atoms with Crippen LogP contribution in [0.25, 0.3) is 17.1 Å². The second kappa shape index (κ2) is 9.82. The number of methoxy groups -OCH3 is 1. The lowest BCUT2D eigenvalue weighted by atomic mass is 10.2. The van der Waals surface area contributed by atoms with E-state index in [1.54, 1.807) is 35.4 Å². The molecule has 36 heavy (non-hydrogen) atoms. The zero-order valence-electron chi connectivity index (χ0n) is 19.5. The van der Waals surface area contributed by atoms with Crippen LogP contribution in [0, 0.1) is 0 Å². The number of hydrogen-bond acceptors (Lipinski definition) is 8. The van der Waals surface area contributed by atoms with E-state index >= 15 is 0 Å². The Balaban J connectivity index is 1.32. The molecule has 0 saturated carbocycles. The number of amides is 1. The van der Waals surface area contributed by atoms with Crippen LogP contribution in [0.5, 0.6) is 5.75 Å². The summed E-state index contributed by atoms with van der Waals surface area (Å²) in [4.78, 5) is 49.3. The first-order valence-electron chi connectivity index (χ1n) is 11.3. The van der Waals surface area contributed by atoms with E-state index in [0.29, 0.717) is 43.4 Å².